The Morgan fingerprint density at radius 3 is 2.00 bits per heavy atom. The van der Waals surface area contributed by atoms with Crippen LogP contribution in [0.25, 0.3) is 0 Å². The highest BCUT2D eigenvalue weighted by Gasteiger charge is 2.14. The first-order valence-corrected chi connectivity index (χ1v) is 9.48. The Balaban J connectivity index is 1.59. The molecule has 0 aliphatic carbocycles. The number of para-hydroxylation sites is 2. The number of amides is 4. The van der Waals surface area contributed by atoms with Crippen molar-refractivity contribution in [3.8, 4) is 0 Å². The van der Waals surface area contributed by atoms with E-state index in [1.165, 1.54) is 0 Å². The van der Waals surface area contributed by atoms with E-state index in [0.29, 0.717) is 11.4 Å². The van der Waals surface area contributed by atoms with E-state index in [4.69, 9.17) is 9.47 Å². The van der Waals surface area contributed by atoms with Crippen molar-refractivity contribution in [2.75, 3.05) is 23.8 Å². The minimum atomic E-state index is -0.675. The molecule has 30 heavy (non-hydrogen) atoms. The largest absolute Gasteiger partial charge is 0.446 e. The number of urea groups is 1. The van der Waals surface area contributed by atoms with Gasteiger partial charge in [0.05, 0.1) is 0 Å². The van der Waals surface area contributed by atoms with E-state index in [2.05, 4.69) is 21.3 Å². The molecular weight excluding hydrogens is 388 g/mol. The van der Waals surface area contributed by atoms with Crippen LogP contribution in [-0.2, 0) is 9.47 Å². The van der Waals surface area contributed by atoms with Gasteiger partial charge in [-0.15, -0.1) is 0 Å². The number of benzene rings is 2. The normalized spacial score (nSPS) is 12.1. The standard InChI is InChI=1S/C21H26N4O5/c1-15(23-19(26)24-17-9-5-3-6-10-17)13-22-20(27)29-14-16(2)30-21(28)25-18-11-7-4-8-12-18/h3-12,15-16H,13-14H2,1-2H3,(H,22,27)(H,25,28)(H2,23,24,26). The molecule has 2 aromatic rings. The van der Waals surface area contributed by atoms with Gasteiger partial charge in [-0.1, -0.05) is 36.4 Å². The molecule has 0 aromatic heterocycles. The van der Waals surface area contributed by atoms with E-state index < -0.39 is 18.3 Å². The summed E-state index contributed by atoms with van der Waals surface area (Å²) in [6, 6.07) is 17.2. The molecule has 4 N–H and O–H groups in total. The third-order valence-electron chi connectivity index (χ3n) is 3.74. The average Bonchev–Trinajstić information content (AvgIpc) is 2.72. The molecule has 0 heterocycles. The van der Waals surface area contributed by atoms with Gasteiger partial charge in [0, 0.05) is 24.0 Å². The van der Waals surface area contributed by atoms with Gasteiger partial charge in [0.2, 0.25) is 0 Å². The van der Waals surface area contributed by atoms with Gasteiger partial charge in [-0.2, -0.15) is 0 Å². The van der Waals surface area contributed by atoms with E-state index >= 15 is 0 Å². The molecule has 0 spiro atoms. The molecular formula is C21H26N4O5. The zero-order valence-corrected chi connectivity index (χ0v) is 16.9. The maximum Gasteiger partial charge on any atom is 0.412 e. The van der Waals surface area contributed by atoms with Crippen LogP contribution < -0.4 is 21.3 Å². The highest BCUT2D eigenvalue weighted by molar-refractivity contribution is 5.89. The number of carbonyl (C=O) groups is 3. The Hall–Kier alpha value is -3.75. The summed E-state index contributed by atoms with van der Waals surface area (Å²) in [4.78, 5) is 35.5. The minimum absolute atomic E-state index is 0.107. The summed E-state index contributed by atoms with van der Waals surface area (Å²) in [6.45, 7) is 3.41. The molecule has 0 aliphatic rings. The zero-order valence-electron chi connectivity index (χ0n) is 16.9. The molecule has 9 heteroatoms. The fourth-order valence-corrected chi connectivity index (χ4v) is 2.33. The third-order valence-corrected chi connectivity index (χ3v) is 3.74. The highest BCUT2D eigenvalue weighted by atomic mass is 16.6. The van der Waals surface area contributed by atoms with E-state index in [-0.39, 0.29) is 25.2 Å². The lowest BCUT2D eigenvalue weighted by atomic mass is 10.3. The molecule has 160 valence electrons. The summed E-state index contributed by atoms with van der Waals surface area (Å²) in [5.41, 5.74) is 1.27. The second kappa shape index (κ2) is 11.9. The molecule has 2 atom stereocenters. The first kappa shape index (κ1) is 22.5. The fourth-order valence-electron chi connectivity index (χ4n) is 2.33. The van der Waals surface area contributed by atoms with Crippen LogP contribution in [0.15, 0.2) is 60.7 Å². The van der Waals surface area contributed by atoms with Crippen LogP contribution in [0, 0.1) is 0 Å². The molecule has 2 rings (SSSR count). The summed E-state index contributed by atoms with van der Waals surface area (Å²) < 4.78 is 10.1. The van der Waals surface area contributed by atoms with Crippen LogP contribution in [0.3, 0.4) is 0 Å². The number of hydrogen-bond donors (Lipinski definition) is 4. The van der Waals surface area contributed by atoms with Crippen molar-refractivity contribution in [1.82, 2.24) is 10.6 Å². The van der Waals surface area contributed by atoms with Crippen molar-refractivity contribution in [2.24, 2.45) is 0 Å². The lowest BCUT2D eigenvalue weighted by molar-refractivity contribution is 0.0599. The van der Waals surface area contributed by atoms with Crippen LogP contribution in [0.1, 0.15) is 13.8 Å². The van der Waals surface area contributed by atoms with Crippen LogP contribution in [-0.4, -0.2) is 43.5 Å². The number of rotatable bonds is 8. The predicted octanol–water partition coefficient (Wildman–Crippen LogP) is 3.56. The van der Waals surface area contributed by atoms with Gasteiger partial charge in [-0.25, -0.2) is 14.4 Å². The second-order valence-electron chi connectivity index (χ2n) is 6.55. The van der Waals surface area contributed by atoms with Gasteiger partial charge >= 0.3 is 18.2 Å². The van der Waals surface area contributed by atoms with Gasteiger partial charge in [-0.05, 0) is 38.1 Å². The third kappa shape index (κ3) is 8.96. The lowest BCUT2D eigenvalue weighted by Gasteiger charge is -2.17. The van der Waals surface area contributed by atoms with Crippen LogP contribution in [0.2, 0.25) is 0 Å². The molecule has 4 amide bonds. The SMILES string of the molecule is CC(CNC(=O)OCC(C)OC(=O)Nc1ccccc1)NC(=O)Nc1ccccc1. The molecule has 0 aliphatic heterocycles. The molecule has 0 radical (unpaired) electrons. The van der Waals surface area contributed by atoms with Crippen molar-refractivity contribution in [1.29, 1.82) is 0 Å². The fraction of sp³-hybridized carbons (Fsp3) is 0.286. The number of anilines is 2. The van der Waals surface area contributed by atoms with E-state index in [0.717, 1.165) is 0 Å². The monoisotopic (exact) mass is 414 g/mol. The minimum Gasteiger partial charge on any atom is -0.446 e. The maximum atomic E-state index is 11.9. The summed E-state index contributed by atoms with van der Waals surface area (Å²) in [5, 5.41) is 10.5. The lowest BCUT2D eigenvalue weighted by Crippen LogP contribution is -2.44. The Labute approximate surface area is 175 Å². The smallest absolute Gasteiger partial charge is 0.412 e. The molecule has 2 unspecified atom stereocenters. The number of carbonyl (C=O) groups excluding carboxylic acids is 3. The quantitative estimate of drug-likeness (QED) is 0.527. The van der Waals surface area contributed by atoms with Gasteiger partial charge < -0.3 is 25.4 Å². The first-order chi connectivity index (χ1) is 14.4. The summed E-state index contributed by atoms with van der Waals surface area (Å²) in [6.07, 6.45) is -1.95. The van der Waals surface area contributed by atoms with E-state index in [1.54, 1.807) is 50.2 Å². The maximum absolute atomic E-state index is 11.9. The van der Waals surface area contributed by atoms with Crippen molar-refractivity contribution in [3.63, 3.8) is 0 Å². The Bertz CT molecular complexity index is 749. The molecule has 9 nitrogen and oxygen atoms in total. The number of alkyl carbamates (subject to hydrolysis) is 1. The molecule has 0 saturated heterocycles. The second-order valence-corrected chi connectivity index (χ2v) is 6.55. The average molecular weight is 414 g/mol. The summed E-state index contributed by atoms with van der Waals surface area (Å²) >= 11 is 0. The van der Waals surface area contributed by atoms with Crippen molar-refractivity contribution >= 4 is 29.6 Å². The van der Waals surface area contributed by atoms with E-state index in [9.17, 15) is 14.4 Å². The van der Waals surface area contributed by atoms with Gasteiger partial charge in [0.15, 0.2) is 0 Å². The van der Waals surface area contributed by atoms with Crippen LogP contribution in [0.4, 0.5) is 25.8 Å². The zero-order chi connectivity index (χ0) is 21.8. The molecule has 2 aromatic carbocycles. The highest BCUT2D eigenvalue weighted by Crippen LogP contribution is 2.06. The van der Waals surface area contributed by atoms with E-state index in [1.807, 2.05) is 24.3 Å². The van der Waals surface area contributed by atoms with Crippen LogP contribution in [0.5, 0.6) is 0 Å². The number of ether oxygens (including phenoxy) is 2. The molecule has 0 saturated carbocycles. The summed E-state index contributed by atoms with van der Waals surface area (Å²) in [7, 11) is 0. The van der Waals surface area contributed by atoms with Crippen molar-refractivity contribution in [3.05, 3.63) is 60.7 Å². The van der Waals surface area contributed by atoms with Gasteiger partial charge in [0.1, 0.15) is 12.7 Å². The van der Waals surface area contributed by atoms with Crippen molar-refractivity contribution < 1.29 is 23.9 Å². The number of hydrogen-bond acceptors (Lipinski definition) is 5. The Kier molecular flexibility index (Phi) is 8.98. The van der Waals surface area contributed by atoms with Crippen LogP contribution >= 0.6 is 0 Å². The molecule has 0 fully saturated rings. The topological polar surface area (TPSA) is 118 Å². The number of nitrogens with one attached hydrogen (secondary N) is 4. The van der Waals surface area contributed by atoms with Gasteiger partial charge in [0.25, 0.3) is 0 Å². The van der Waals surface area contributed by atoms with Gasteiger partial charge in [-0.3, -0.25) is 5.32 Å². The Morgan fingerprint density at radius 2 is 1.40 bits per heavy atom. The molecule has 0 bridgehead atoms. The van der Waals surface area contributed by atoms with Crippen molar-refractivity contribution in [2.45, 2.75) is 26.0 Å². The predicted molar refractivity (Wildman–Crippen MR) is 113 cm³/mol. The Morgan fingerprint density at radius 1 is 0.833 bits per heavy atom. The first-order valence-electron chi connectivity index (χ1n) is 9.48. The summed E-state index contributed by atoms with van der Waals surface area (Å²) in [5.74, 6) is 0.